The third-order valence-electron chi connectivity index (χ3n) is 2.67. The zero-order valence-corrected chi connectivity index (χ0v) is 11.5. The highest BCUT2D eigenvalue weighted by molar-refractivity contribution is 5.97. The summed E-state index contributed by atoms with van der Waals surface area (Å²) in [7, 11) is 1.68. The number of anilines is 1. The molecule has 6 heteroatoms. The van der Waals surface area contributed by atoms with Crippen molar-refractivity contribution in [3.8, 4) is 0 Å². The van der Waals surface area contributed by atoms with Crippen LogP contribution in [0, 0.1) is 0 Å². The molecule has 0 aliphatic carbocycles. The molecule has 0 spiro atoms. The normalized spacial score (nSPS) is 10.3. The molecule has 1 rings (SSSR count). The zero-order valence-electron chi connectivity index (χ0n) is 11.5. The van der Waals surface area contributed by atoms with Crippen molar-refractivity contribution in [1.82, 2.24) is 4.90 Å². The second-order valence-electron chi connectivity index (χ2n) is 4.57. The van der Waals surface area contributed by atoms with Gasteiger partial charge in [0.1, 0.15) is 0 Å². The van der Waals surface area contributed by atoms with E-state index in [1.54, 1.807) is 36.2 Å². The molecule has 0 aromatic heterocycles. The van der Waals surface area contributed by atoms with Gasteiger partial charge in [-0.2, -0.15) is 0 Å². The monoisotopic (exact) mass is 278 g/mol. The minimum absolute atomic E-state index is 0.0103. The van der Waals surface area contributed by atoms with Gasteiger partial charge in [0, 0.05) is 17.8 Å². The van der Waals surface area contributed by atoms with Crippen molar-refractivity contribution in [2.45, 2.75) is 13.3 Å². The minimum Gasteiger partial charge on any atom is -0.481 e. The van der Waals surface area contributed by atoms with Gasteiger partial charge in [-0.3, -0.25) is 19.3 Å². The first-order valence-corrected chi connectivity index (χ1v) is 6.19. The molecule has 0 saturated carbocycles. The van der Waals surface area contributed by atoms with Gasteiger partial charge in [-0.25, -0.2) is 0 Å². The van der Waals surface area contributed by atoms with Gasteiger partial charge in [-0.05, 0) is 26.1 Å². The SMILES string of the molecule is CC(=O)c1cccc(NC(=O)CN(C)CCC(=O)O)c1. The molecule has 1 amide bonds. The minimum atomic E-state index is -0.897. The van der Waals surface area contributed by atoms with Crippen LogP contribution >= 0.6 is 0 Å². The van der Waals surface area contributed by atoms with E-state index < -0.39 is 5.97 Å². The number of benzene rings is 1. The molecular weight excluding hydrogens is 260 g/mol. The van der Waals surface area contributed by atoms with Gasteiger partial charge in [-0.15, -0.1) is 0 Å². The van der Waals surface area contributed by atoms with Crippen LogP contribution in [-0.4, -0.2) is 47.8 Å². The molecule has 6 nitrogen and oxygen atoms in total. The molecule has 0 atom stereocenters. The Labute approximate surface area is 117 Å². The molecule has 0 aliphatic rings. The molecule has 0 aliphatic heterocycles. The third-order valence-corrected chi connectivity index (χ3v) is 2.67. The lowest BCUT2D eigenvalue weighted by atomic mass is 10.1. The van der Waals surface area contributed by atoms with Gasteiger partial charge in [-0.1, -0.05) is 12.1 Å². The Kier molecular flexibility index (Phi) is 5.86. The average Bonchev–Trinajstić information content (AvgIpc) is 2.36. The maximum atomic E-state index is 11.8. The number of rotatable bonds is 7. The summed E-state index contributed by atoms with van der Waals surface area (Å²) in [4.78, 5) is 35.0. The Hall–Kier alpha value is -2.21. The molecule has 0 heterocycles. The highest BCUT2D eigenvalue weighted by Gasteiger charge is 2.09. The summed E-state index contributed by atoms with van der Waals surface area (Å²) in [6, 6.07) is 6.68. The number of ketones is 1. The van der Waals surface area contributed by atoms with E-state index in [0.29, 0.717) is 17.8 Å². The van der Waals surface area contributed by atoms with Crippen molar-refractivity contribution in [3.63, 3.8) is 0 Å². The number of amides is 1. The lowest BCUT2D eigenvalue weighted by Gasteiger charge is -2.15. The van der Waals surface area contributed by atoms with Crippen LogP contribution in [0.4, 0.5) is 5.69 Å². The van der Waals surface area contributed by atoms with Crippen molar-refractivity contribution >= 4 is 23.3 Å². The van der Waals surface area contributed by atoms with Crippen LogP contribution in [0.15, 0.2) is 24.3 Å². The number of nitrogens with one attached hydrogen (secondary N) is 1. The molecule has 0 bridgehead atoms. The van der Waals surface area contributed by atoms with Crippen molar-refractivity contribution in [2.75, 3.05) is 25.5 Å². The summed E-state index contributed by atoms with van der Waals surface area (Å²) in [5.41, 5.74) is 1.08. The average molecular weight is 278 g/mol. The van der Waals surface area contributed by atoms with Gasteiger partial charge in [0.25, 0.3) is 0 Å². The van der Waals surface area contributed by atoms with E-state index in [0.717, 1.165) is 0 Å². The number of carbonyl (C=O) groups excluding carboxylic acids is 2. The van der Waals surface area contributed by atoms with E-state index in [1.807, 2.05) is 0 Å². The molecule has 0 radical (unpaired) electrons. The molecule has 1 aromatic rings. The van der Waals surface area contributed by atoms with Crippen LogP contribution in [0.3, 0.4) is 0 Å². The Bertz CT molecular complexity index is 514. The van der Waals surface area contributed by atoms with Crippen LogP contribution in [0.25, 0.3) is 0 Å². The molecule has 20 heavy (non-hydrogen) atoms. The number of carboxylic acid groups (broad SMARTS) is 1. The summed E-state index contributed by atoms with van der Waals surface area (Å²) in [5, 5.41) is 11.2. The van der Waals surface area contributed by atoms with Crippen molar-refractivity contribution < 1.29 is 19.5 Å². The first kappa shape index (κ1) is 15.8. The summed E-state index contributed by atoms with van der Waals surface area (Å²) < 4.78 is 0. The number of nitrogens with zero attached hydrogens (tertiary/aromatic N) is 1. The highest BCUT2D eigenvalue weighted by Crippen LogP contribution is 2.11. The number of carbonyl (C=O) groups is 3. The second-order valence-corrected chi connectivity index (χ2v) is 4.57. The number of hydrogen-bond donors (Lipinski definition) is 2. The molecule has 1 aromatic carbocycles. The Morgan fingerprint density at radius 3 is 2.60 bits per heavy atom. The van der Waals surface area contributed by atoms with Gasteiger partial charge < -0.3 is 10.4 Å². The zero-order chi connectivity index (χ0) is 15.1. The fraction of sp³-hybridized carbons (Fsp3) is 0.357. The van der Waals surface area contributed by atoms with Gasteiger partial charge in [0.15, 0.2) is 5.78 Å². The van der Waals surface area contributed by atoms with Crippen molar-refractivity contribution in [3.05, 3.63) is 29.8 Å². The van der Waals surface area contributed by atoms with Gasteiger partial charge in [0.2, 0.25) is 5.91 Å². The lowest BCUT2D eigenvalue weighted by molar-refractivity contribution is -0.137. The van der Waals surface area contributed by atoms with Crippen molar-refractivity contribution in [2.24, 2.45) is 0 Å². The maximum absolute atomic E-state index is 11.8. The third kappa shape index (κ3) is 5.62. The van der Waals surface area contributed by atoms with E-state index >= 15 is 0 Å². The van der Waals surface area contributed by atoms with E-state index in [-0.39, 0.29) is 24.7 Å². The number of likely N-dealkylation sites (N-methyl/N-ethyl adjacent to an activating group) is 1. The van der Waals surface area contributed by atoms with Crippen LogP contribution in [0.2, 0.25) is 0 Å². The fourth-order valence-electron chi connectivity index (χ4n) is 1.63. The molecule has 2 N–H and O–H groups in total. The van der Waals surface area contributed by atoms with E-state index in [2.05, 4.69) is 5.32 Å². The summed E-state index contributed by atoms with van der Waals surface area (Å²) in [6.45, 7) is 1.86. The quantitative estimate of drug-likeness (QED) is 0.733. The van der Waals surface area contributed by atoms with Crippen molar-refractivity contribution in [1.29, 1.82) is 0 Å². The van der Waals surface area contributed by atoms with Gasteiger partial charge in [0.05, 0.1) is 13.0 Å². The summed E-state index contributed by atoms with van der Waals surface area (Å²) in [6.07, 6.45) is -0.0103. The topological polar surface area (TPSA) is 86.7 Å². The lowest BCUT2D eigenvalue weighted by Crippen LogP contribution is -2.31. The Morgan fingerprint density at radius 2 is 2.00 bits per heavy atom. The van der Waals surface area contributed by atoms with Crippen LogP contribution in [0.5, 0.6) is 0 Å². The summed E-state index contributed by atoms with van der Waals surface area (Å²) >= 11 is 0. The number of hydrogen-bond acceptors (Lipinski definition) is 4. The molecule has 0 unspecified atom stereocenters. The van der Waals surface area contributed by atoms with Gasteiger partial charge >= 0.3 is 5.97 Å². The van der Waals surface area contributed by atoms with E-state index in [4.69, 9.17) is 5.11 Å². The fourth-order valence-corrected chi connectivity index (χ4v) is 1.63. The van der Waals surface area contributed by atoms with Crippen LogP contribution < -0.4 is 5.32 Å². The Balaban J connectivity index is 2.51. The summed E-state index contributed by atoms with van der Waals surface area (Å²) in [5.74, 6) is -1.22. The van der Waals surface area contributed by atoms with E-state index in [1.165, 1.54) is 6.92 Å². The molecule has 0 saturated heterocycles. The van der Waals surface area contributed by atoms with Crippen LogP contribution in [-0.2, 0) is 9.59 Å². The second kappa shape index (κ2) is 7.40. The molecular formula is C14H18N2O4. The standard InChI is InChI=1S/C14H18N2O4/c1-10(17)11-4-3-5-12(8-11)15-13(18)9-16(2)7-6-14(19)20/h3-5,8H,6-7,9H2,1-2H3,(H,15,18)(H,19,20). The van der Waals surface area contributed by atoms with E-state index in [9.17, 15) is 14.4 Å². The Morgan fingerprint density at radius 1 is 1.30 bits per heavy atom. The first-order chi connectivity index (χ1) is 9.38. The number of aliphatic carboxylic acids is 1. The predicted octanol–water partition coefficient (Wildman–Crippen LogP) is 1.23. The largest absolute Gasteiger partial charge is 0.481 e. The predicted molar refractivity (Wildman–Crippen MR) is 74.8 cm³/mol. The smallest absolute Gasteiger partial charge is 0.304 e. The number of carboxylic acids is 1. The first-order valence-electron chi connectivity index (χ1n) is 6.19. The maximum Gasteiger partial charge on any atom is 0.304 e. The molecule has 0 fully saturated rings. The highest BCUT2D eigenvalue weighted by atomic mass is 16.4. The van der Waals surface area contributed by atoms with Crippen LogP contribution in [0.1, 0.15) is 23.7 Å². The number of Topliss-reactive ketones (excluding diaryl/α,β-unsaturated/α-hetero) is 1. The molecule has 108 valence electrons.